The lowest BCUT2D eigenvalue weighted by molar-refractivity contribution is -0.117. The van der Waals surface area contributed by atoms with E-state index in [0.29, 0.717) is 12.4 Å². The molecule has 0 unspecified atom stereocenters. The number of ether oxygens (including phenoxy) is 1. The Morgan fingerprint density at radius 3 is 2.67 bits per heavy atom. The van der Waals surface area contributed by atoms with Crippen molar-refractivity contribution < 1.29 is 9.53 Å². The van der Waals surface area contributed by atoms with Crippen LogP contribution in [0.1, 0.15) is 30.0 Å². The van der Waals surface area contributed by atoms with Crippen LogP contribution in [0.3, 0.4) is 0 Å². The maximum Gasteiger partial charge on any atom is 0.226 e. The highest BCUT2D eigenvalue weighted by Crippen LogP contribution is 2.41. The summed E-state index contributed by atoms with van der Waals surface area (Å²) < 4.78 is 7.07. The molecule has 30 heavy (non-hydrogen) atoms. The van der Waals surface area contributed by atoms with Crippen LogP contribution in [0.5, 0.6) is 5.75 Å². The van der Waals surface area contributed by atoms with Crippen LogP contribution in [0, 0.1) is 5.92 Å². The van der Waals surface area contributed by atoms with Crippen LogP contribution in [0.2, 0.25) is 0 Å². The number of hydrogen-bond acceptors (Lipinski definition) is 5. The van der Waals surface area contributed by atoms with Gasteiger partial charge in [-0.3, -0.25) is 4.79 Å². The molecule has 1 aromatic heterocycles. The molecule has 0 fully saturated rings. The van der Waals surface area contributed by atoms with Gasteiger partial charge < -0.3 is 10.1 Å². The van der Waals surface area contributed by atoms with Crippen molar-refractivity contribution in [2.24, 2.45) is 5.92 Å². The average molecular weight is 398 g/mol. The fourth-order valence-corrected chi connectivity index (χ4v) is 4.22. The number of ketones is 1. The van der Waals surface area contributed by atoms with E-state index in [1.165, 1.54) is 6.33 Å². The first kappa shape index (κ1) is 18.4. The number of nitrogens with zero attached hydrogens (tertiary/aromatic N) is 3. The first-order valence-corrected chi connectivity index (χ1v) is 10.0. The van der Waals surface area contributed by atoms with Gasteiger partial charge in [-0.25, -0.2) is 4.68 Å². The molecule has 0 spiro atoms. The smallest absolute Gasteiger partial charge is 0.226 e. The SMILES string of the molecule is COc1ccc([C@H]2C3=C(C[C@H](/C=C/c4ccccc4)CC3=O)Nc3ncnn32)cc1. The molecule has 2 atom stereocenters. The van der Waals surface area contributed by atoms with E-state index in [1.807, 2.05) is 42.5 Å². The quantitative estimate of drug-likeness (QED) is 0.712. The zero-order chi connectivity index (χ0) is 20.5. The minimum atomic E-state index is -0.281. The Kier molecular flexibility index (Phi) is 4.67. The molecule has 0 saturated carbocycles. The van der Waals surface area contributed by atoms with Gasteiger partial charge in [0.15, 0.2) is 5.78 Å². The number of nitrogens with one attached hydrogen (secondary N) is 1. The highest BCUT2D eigenvalue weighted by atomic mass is 16.5. The molecule has 6 nitrogen and oxygen atoms in total. The molecule has 2 aliphatic rings. The molecule has 1 aliphatic carbocycles. The second-order valence-corrected chi connectivity index (χ2v) is 7.58. The van der Waals surface area contributed by atoms with E-state index in [0.717, 1.165) is 34.6 Å². The van der Waals surface area contributed by atoms with Crippen molar-refractivity contribution in [2.45, 2.75) is 18.9 Å². The van der Waals surface area contributed by atoms with Gasteiger partial charge in [0.05, 0.1) is 7.11 Å². The van der Waals surface area contributed by atoms with Crippen LogP contribution in [0.25, 0.3) is 6.08 Å². The molecule has 1 aliphatic heterocycles. The number of fused-ring (bicyclic) bond motifs is 1. The number of Topliss-reactive ketones (excluding diaryl/α,β-unsaturated/α-hetero) is 1. The normalized spacial score (nSPS) is 20.6. The van der Waals surface area contributed by atoms with Crippen molar-refractivity contribution in [3.8, 4) is 5.75 Å². The summed E-state index contributed by atoms with van der Waals surface area (Å²) in [4.78, 5) is 17.6. The van der Waals surface area contributed by atoms with Crippen molar-refractivity contribution >= 4 is 17.8 Å². The Hall–Kier alpha value is -3.67. The molecule has 150 valence electrons. The third-order valence-electron chi connectivity index (χ3n) is 5.69. The predicted molar refractivity (Wildman–Crippen MR) is 115 cm³/mol. The topological polar surface area (TPSA) is 69.0 Å². The number of benzene rings is 2. The Morgan fingerprint density at radius 1 is 1.10 bits per heavy atom. The van der Waals surface area contributed by atoms with Crippen molar-refractivity contribution in [3.63, 3.8) is 0 Å². The second-order valence-electron chi connectivity index (χ2n) is 7.58. The fraction of sp³-hybridized carbons (Fsp3) is 0.208. The molecule has 0 amide bonds. The summed E-state index contributed by atoms with van der Waals surface area (Å²) in [7, 11) is 1.64. The Balaban J connectivity index is 1.49. The van der Waals surface area contributed by atoms with Crippen LogP contribution in [0.15, 0.2) is 78.3 Å². The summed E-state index contributed by atoms with van der Waals surface area (Å²) in [5, 5.41) is 7.74. The van der Waals surface area contributed by atoms with Gasteiger partial charge in [-0.2, -0.15) is 10.1 Å². The van der Waals surface area contributed by atoms with Gasteiger partial charge in [0, 0.05) is 17.7 Å². The van der Waals surface area contributed by atoms with Gasteiger partial charge in [-0.1, -0.05) is 54.6 Å². The number of rotatable bonds is 4. The van der Waals surface area contributed by atoms with Gasteiger partial charge in [0.1, 0.15) is 18.1 Å². The Bertz CT molecular complexity index is 1130. The third kappa shape index (κ3) is 3.30. The summed E-state index contributed by atoms with van der Waals surface area (Å²) in [5.74, 6) is 1.74. The van der Waals surface area contributed by atoms with Crippen LogP contribution in [0.4, 0.5) is 5.95 Å². The monoisotopic (exact) mass is 398 g/mol. The van der Waals surface area contributed by atoms with Crippen LogP contribution in [-0.4, -0.2) is 27.7 Å². The first-order valence-electron chi connectivity index (χ1n) is 10.0. The summed E-state index contributed by atoms with van der Waals surface area (Å²) in [6.07, 6.45) is 7.01. The Labute approximate surface area is 174 Å². The number of carbonyl (C=O) groups excluding carboxylic acids is 1. The van der Waals surface area contributed by atoms with Crippen molar-refractivity contribution in [2.75, 3.05) is 12.4 Å². The maximum absolute atomic E-state index is 13.3. The van der Waals surface area contributed by atoms with Crippen LogP contribution < -0.4 is 10.1 Å². The minimum absolute atomic E-state index is 0.147. The van der Waals surface area contributed by atoms with Crippen LogP contribution in [-0.2, 0) is 4.79 Å². The van der Waals surface area contributed by atoms with E-state index >= 15 is 0 Å². The number of aromatic nitrogens is 3. The molecule has 6 heteroatoms. The van der Waals surface area contributed by atoms with E-state index in [1.54, 1.807) is 11.8 Å². The maximum atomic E-state index is 13.3. The molecule has 1 N–H and O–H groups in total. The zero-order valence-electron chi connectivity index (χ0n) is 16.7. The number of allylic oxidation sites excluding steroid dienone is 3. The molecule has 2 aromatic carbocycles. The standard InChI is InChI=1S/C24H22N4O2/c1-30-19-11-9-18(10-12-19)23-22-20(27-24-25-15-26-28(23)24)13-17(14-21(22)29)8-7-16-5-3-2-4-6-16/h2-12,15,17,23H,13-14H2,1H3,(H,25,26,27)/b8-7+/t17-,23-/m0/s1. The number of anilines is 1. The average Bonchev–Trinajstić information content (AvgIpc) is 3.25. The third-order valence-corrected chi connectivity index (χ3v) is 5.69. The Morgan fingerprint density at radius 2 is 1.90 bits per heavy atom. The highest BCUT2D eigenvalue weighted by Gasteiger charge is 2.38. The summed E-state index contributed by atoms with van der Waals surface area (Å²) in [5.41, 5.74) is 3.85. The van der Waals surface area contributed by atoms with E-state index in [2.05, 4.69) is 39.7 Å². The summed E-state index contributed by atoms with van der Waals surface area (Å²) >= 11 is 0. The lowest BCUT2D eigenvalue weighted by Crippen LogP contribution is -2.33. The molecule has 0 bridgehead atoms. The van der Waals surface area contributed by atoms with Crippen LogP contribution >= 0.6 is 0 Å². The van der Waals surface area contributed by atoms with Gasteiger partial charge in [0.25, 0.3) is 0 Å². The molecular weight excluding hydrogens is 376 g/mol. The molecule has 0 radical (unpaired) electrons. The molecule has 5 rings (SSSR count). The number of methoxy groups -OCH3 is 1. The van der Waals surface area contributed by atoms with Crippen molar-refractivity contribution in [1.29, 1.82) is 0 Å². The van der Waals surface area contributed by atoms with Gasteiger partial charge in [-0.15, -0.1) is 0 Å². The fourth-order valence-electron chi connectivity index (χ4n) is 4.22. The molecule has 0 saturated heterocycles. The lowest BCUT2D eigenvalue weighted by Gasteiger charge is -2.34. The zero-order valence-corrected chi connectivity index (χ0v) is 16.7. The predicted octanol–water partition coefficient (Wildman–Crippen LogP) is 4.25. The van der Waals surface area contributed by atoms with Gasteiger partial charge in [0.2, 0.25) is 5.95 Å². The molecular formula is C24H22N4O2. The largest absolute Gasteiger partial charge is 0.497 e. The first-order chi connectivity index (χ1) is 14.7. The van der Waals surface area contributed by atoms with E-state index in [-0.39, 0.29) is 17.7 Å². The summed E-state index contributed by atoms with van der Waals surface area (Å²) in [6.45, 7) is 0. The molecule has 3 aromatic rings. The van der Waals surface area contributed by atoms with E-state index in [4.69, 9.17) is 4.74 Å². The van der Waals surface area contributed by atoms with E-state index in [9.17, 15) is 4.79 Å². The minimum Gasteiger partial charge on any atom is -0.497 e. The lowest BCUT2D eigenvalue weighted by atomic mass is 9.80. The van der Waals surface area contributed by atoms with Crippen molar-refractivity contribution in [3.05, 3.63) is 89.4 Å². The van der Waals surface area contributed by atoms with Gasteiger partial charge >= 0.3 is 0 Å². The summed E-state index contributed by atoms with van der Waals surface area (Å²) in [6, 6.07) is 17.7. The van der Waals surface area contributed by atoms with Crippen molar-refractivity contribution in [1.82, 2.24) is 14.8 Å². The number of hydrogen-bond donors (Lipinski definition) is 1. The van der Waals surface area contributed by atoms with E-state index < -0.39 is 0 Å². The van der Waals surface area contributed by atoms with Gasteiger partial charge in [-0.05, 0) is 35.6 Å². The second kappa shape index (κ2) is 7.63. The molecule has 2 heterocycles. The highest BCUT2D eigenvalue weighted by molar-refractivity contribution is 5.99. The number of carbonyl (C=O) groups is 1.